The molecule has 0 aliphatic heterocycles. The third-order valence-corrected chi connectivity index (χ3v) is 1.92. The van der Waals surface area contributed by atoms with Crippen LogP contribution in [0, 0.1) is 17.2 Å². The molecule has 1 unspecified atom stereocenters. The molecule has 0 aliphatic rings. The minimum atomic E-state index is -0.250. The van der Waals surface area contributed by atoms with Crippen molar-refractivity contribution < 1.29 is 4.79 Å². The van der Waals surface area contributed by atoms with E-state index in [-0.39, 0.29) is 18.1 Å². The van der Waals surface area contributed by atoms with Gasteiger partial charge in [0.15, 0.2) is 5.78 Å². The van der Waals surface area contributed by atoms with Crippen molar-refractivity contribution in [2.45, 2.75) is 13.3 Å². The number of hydrogen-bond donors (Lipinski definition) is 0. The molecule has 0 aromatic carbocycles. The molecule has 68 valence electrons. The Balaban J connectivity index is 2.81. The Morgan fingerprint density at radius 1 is 1.85 bits per heavy atom. The predicted octanol–water partition coefficient (Wildman–Crippen LogP) is 1.15. The summed E-state index contributed by atoms with van der Waals surface area (Å²) in [6.45, 7) is 1.75. The fraction of sp³-hybridized carbons (Fsp3) is 0.444. The second kappa shape index (κ2) is 3.85. The summed E-state index contributed by atoms with van der Waals surface area (Å²) in [6, 6.07) is 3.64. The Bertz CT molecular complexity index is 348. The number of carbonyl (C=O) groups excluding carboxylic acids is 1. The summed E-state index contributed by atoms with van der Waals surface area (Å²) in [7, 11) is 1.71. The molecule has 1 aromatic rings. The van der Waals surface area contributed by atoms with Gasteiger partial charge in [-0.15, -0.1) is 0 Å². The second-order valence-electron chi connectivity index (χ2n) is 2.97. The minimum Gasteiger partial charge on any atom is -0.292 e. The summed E-state index contributed by atoms with van der Waals surface area (Å²) in [5.41, 5.74) is 0.558. The van der Waals surface area contributed by atoms with Crippen LogP contribution in [0.4, 0.5) is 0 Å². The first-order valence-corrected chi connectivity index (χ1v) is 4.06. The zero-order chi connectivity index (χ0) is 9.84. The average molecular weight is 177 g/mol. The Morgan fingerprint density at radius 2 is 2.54 bits per heavy atom. The van der Waals surface area contributed by atoms with Crippen LogP contribution < -0.4 is 0 Å². The predicted molar refractivity (Wildman–Crippen MR) is 46.9 cm³/mol. The zero-order valence-corrected chi connectivity index (χ0v) is 7.69. The highest BCUT2D eigenvalue weighted by molar-refractivity contribution is 5.96. The Morgan fingerprint density at radius 3 is 3.00 bits per heavy atom. The molecule has 0 N–H and O–H groups in total. The van der Waals surface area contributed by atoms with Gasteiger partial charge in [-0.05, 0) is 6.07 Å². The van der Waals surface area contributed by atoms with Gasteiger partial charge in [0.25, 0.3) is 0 Å². The number of Topliss-reactive ketones (excluding diaryl/α,β-unsaturated/α-hetero) is 1. The van der Waals surface area contributed by atoms with E-state index >= 15 is 0 Å². The fourth-order valence-electron chi connectivity index (χ4n) is 1.10. The molecule has 0 bridgehead atoms. The number of carbonyl (C=O) groups is 1. The van der Waals surface area contributed by atoms with Crippen molar-refractivity contribution in [3.63, 3.8) is 0 Å². The Hall–Kier alpha value is -1.63. The highest BCUT2D eigenvalue weighted by Crippen LogP contribution is 2.10. The molecular weight excluding hydrogens is 166 g/mol. The summed E-state index contributed by atoms with van der Waals surface area (Å²) >= 11 is 0. The Kier molecular flexibility index (Phi) is 2.80. The molecule has 0 saturated heterocycles. The molecule has 0 amide bonds. The molecule has 0 aliphatic carbocycles. The zero-order valence-electron chi connectivity index (χ0n) is 7.69. The van der Waals surface area contributed by atoms with E-state index in [9.17, 15) is 4.79 Å². The third kappa shape index (κ3) is 1.94. The van der Waals surface area contributed by atoms with Gasteiger partial charge in [0.05, 0.1) is 6.07 Å². The van der Waals surface area contributed by atoms with E-state index in [0.717, 1.165) is 0 Å². The third-order valence-electron chi connectivity index (χ3n) is 1.92. The number of ketones is 1. The summed E-state index contributed by atoms with van der Waals surface area (Å²) in [4.78, 5) is 11.6. The topological polar surface area (TPSA) is 58.7 Å². The largest absolute Gasteiger partial charge is 0.292 e. The number of hydrogen-bond acceptors (Lipinski definition) is 3. The standard InChI is InChI=1S/C9H11N3O/c1-7(3-5-10)9(13)8-4-6-11-12(8)2/h4,6-7H,3H2,1-2H3. The summed E-state index contributed by atoms with van der Waals surface area (Å²) in [5, 5.41) is 12.3. The highest BCUT2D eigenvalue weighted by Gasteiger charge is 2.17. The number of nitrogens with zero attached hydrogens (tertiary/aromatic N) is 3. The summed E-state index contributed by atoms with van der Waals surface area (Å²) in [5.74, 6) is -0.276. The van der Waals surface area contributed by atoms with E-state index in [1.54, 1.807) is 26.2 Å². The molecule has 1 rings (SSSR count). The van der Waals surface area contributed by atoms with Crippen molar-refractivity contribution in [2.75, 3.05) is 0 Å². The fourth-order valence-corrected chi connectivity index (χ4v) is 1.10. The molecule has 0 radical (unpaired) electrons. The van der Waals surface area contributed by atoms with E-state index in [1.807, 2.05) is 6.07 Å². The molecular formula is C9H11N3O. The van der Waals surface area contributed by atoms with Gasteiger partial charge in [-0.1, -0.05) is 6.92 Å². The SMILES string of the molecule is CC(CC#N)C(=O)c1ccnn1C. The number of nitriles is 1. The molecule has 1 atom stereocenters. The van der Waals surface area contributed by atoms with Crippen LogP contribution in [0.2, 0.25) is 0 Å². The number of aromatic nitrogens is 2. The van der Waals surface area contributed by atoms with Gasteiger partial charge in [-0.3, -0.25) is 9.48 Å². The van der Waals surface area contributed by atoms with Crippen molar-refractivity contribution in [1.82, 2.24) is 9.78 Å². The minimum absolute atomic E-state index is 0.0263. The van der Waals surface area contributed by atoms with E-state index in [0.29, 0.717) is 5.69 Å². The normalized spacial score (nSPS) is 12.1. The number of rotatable bonds is 3. The lowest BCUT2D eigenvalue weighted by Gasteiger charge is -2.05. The van der Waals surface area contributed by atoms with Crippen molar-refractivity contribution in [3.05, 3.63) is 18.0 Å². The lowest BCUT2D eigenvalue weighted by Crippen LogP contribution is -2.14. The van der Waals surface area contributed by atoms with Crippen LogP contribution in [-0.4, -0.2) is 15.6 Å². The van der Waals surface area contributed by atoms with Gasteiger partial charge in [0.2, 0.25) is 0 Å². The molecule has 1 heterocycles. The van der Waals surface area contributed by atoms with E-state index in [4.69, 9.17) is 5.26 Å². The maximum atomic E-state index is 11.6. The van der Waals surface area contributed by atoms with Gasteiger partial charge in [-0.25, -0.2) is 0 Å². The van der Waals surface area contributed by atoms with Crippen LogP contribution >= 0.6 is 0 Å². The van der Waals surface area contributed by atoms with E-state index in [2.05, 4.69) is 5.10 Å². The van der Waals surface area contributed by atoms with Gasteiger partial charge in [0, 0.05) is 25.6 Å². The number of aryl methyl sites for hydroxylation is 1. The van der Waals surface area contributed by atoms with Crippen LogP contribution in [-0.2, 0) is 7.05 Å². The van der Waals surface area contributed by atoms with Crippen molar-refractivity contribution in [2.24, 2.45) is 13.0 Å². The molecule has 0 spiro atoms. The quantitative estimate of drug-likeness (QED) is 0.651. The highest BCUT2D eigenvalue weighted by atomic mass is 16.1. The molecule has 1 aromatic heterocycles. The van der Waals surface area contributed by atoms with Gasteiger partial charge >= 0.3 is 0 Å². The summed E-state index contributed by atoms with van der Waals surface area (Å²) in [6.07, 6.45) is 1.83. The van der Waals surface area contributed by atoms with Gasteiger partial charge < -0.3 is 0 Å². The van der Waals surface area contributed by atoms with Gasteiger partial charge in [0.1, 0.15) is 5.69 Å². The second-order valence-corrected chi connectivity index (χ2v) is 2.97. The first-order valence-electron chi connectivity index (χ1n) is 4.06. The van der Waals surface area contributed by atoms with Crippen molar-refractivity contribution in [3.8, 4) is 6.07 Å². The molecule has 0 fully saturated rings. The lowest BCUT2D eigenvalue weighted by molar-refractivity contribution is 0.0922. The lowest BCUT2D eigenvalue weighted by atomic mass is 10.0. The molecule has 4 heteroatoms. The molecule has 0 saturated carbocycles. The van der Waals surface area contributed by atoms with E-state index < -0.39 is 0 Å². The van der Waals surface area contributed by atoms with Crippen molar-refractivity contribution >= 4 is 5.78 Å². The van der Waals surface area contributed by atoms with Crippen LogP contribution in [0.5, 0.6) is 0 Å². The maximum Gasteiger partial charge on any atom is 0.184 e. The van der Waals surface area contributed by atoms with Crippen LogP contribution in [0.25, 0.3) is 0 Å². The first kappa shape index (κ1) is 9.46. The molecule has 13 heavy (non-hydrogen) atoms. The average Bonchev–Trinajstić information content (AvgIpc) is 2.50. The Labute approximate surface area is 76.8 Å². The van der Waals surface area contributed by atoms with E-state index in [1.165, 1.54) is 4.68 Å². The maximum absolute atomic E-state index is 11.6. The monoisotopic (exact) mass is 177 g/mol. The smallest absolute Gasteiger partial charge is 0.184 e. The summed E-state index contributed by atoms with van der Waals surface area (Å²) < 4.78 is 1.52. The van der Waals surface area contributed by atoms with Crippen molar-refractivity contribution in [1.29, 1.82) is 5.26 Å². The van der Waals surface area contributed by atoms with Crippen LogP contribution in [0.1, 0.15) is 23.8 Å². The van der Waals surface area contributed by atoms with Gasteiger partial charge in [-0.2, -0.15) is 10.4 Å². The first-order chi connectivity index (χ1) is 6.16. The van der Waals surface area contributed by atoms with Crippen LogP contribution in [0.3, 0.4) is 0 Å². The van der Waals surface area contributed by atoms with Crippen LogP contribution in [0.15, 0.2) is 12.3 Å². The molecule has 4 nitrogen and oxygen atoms in total.